The van der Waals surface area contributed by atoms with Gasteiger partial charge in [-0.05, 0) is 19.8 Å². The second-order valence-electron chi connectivity index (χ2n) is 6.86. The summed E-state index contributed by atoms with van der Waals surface area (Å²) in [5.74, 6) is 1.71. The molecule has 3 heterocycles. The van der Waals surface area contributed by atoms with Crippen LogP contribution < -0.4 is 0 Å². The summed E-state index contributed by atoms with van der Waals surface area (Å²) in [5, 5.41) is 0. The molecule has 2 aliphatic rings. The monoisotopic (exact) mass is 328 g/mol. The van der Waals surface area contributed by atoms with Crippen LogP contribution in [-0.4, -0.2) is 26.4 Å². The van der Waals surface area contributed by atoms with Crippen molar-refractivity contribution in [1.29, 1.82) is 0 Å². The molecule has 23 heavy (non-hydrogen) atoms. The third-order valence-corrected chi connectivity index (χ3v) is 6.13. The van der Waals surface area contributed by atoms with Gasteiger partial charge in [-0.1, -0.05) is 19.3 Å². The van der Waals surface area contributed by atoms with Gasteiger partial charge in [0.05, 0.1) is 11.2 Å². The Morgan fingerprint density at radius 1 is 1.22 bits per heavy atom. The van der Waals surface area contributed by atoms with Crippen LogP contribution in [0.4, 0.5) is 0 Å². The summed E-state index contributed by atoms with van der Waals surface area (Å²) in [6, 6.07) is 0. The number of thiazole rings is 1. The van der Waals surface area contributed by atoms with Crippen molar-refractivity contribution in [3.63, 3.8) is 0 Å². The van der Waals surface area contributed by atoms with E-state index >= 15 is 0 Å². The Hall–Kier alpha value is -1.33. The molecular formula is C18H24N4S. The maximum atomic E-state index is 4.94. The van der Waals surface area contributed by atoms with Crippen LogP contribution in [0.5, 0.6) is 0 Å². The highest BCUT2D eigenvalue weighted by molar-refractivity contribution is 7.09. The predicted octanol–water partition coefficient (Wildman–Crippen LogP) is 3.85. The van der Waals surface area contributed by atoms with Gasteiger partial charge in [-0.15, -0.1) is 11.3 Å². The van der Waals surface area contributed by atoms with E-state index < -0.39 is 0 Å². The smallest absolute Gasteiger partial charge is 0.131 e. The Bertz CT molecular complexity index is 675. The molecule has 122 valence electrons. The molecule has 0 N–H and O–H groups in total. The van der Waals surface area contributed by atoms with E-state index in [0.29, 0.717) is 5.92 Å². The average Bonchev–Trinajstić information content (AvgIpc) is 3.00. The first-order valence-electron chi connectivity index (χ1n) is 8.75. The SMILES string of the molecule is Cc1ncsc1CN1CCc2nc(C3CCCCC3)ncc2C1. The Labute approximate surface area is 142 Å². The van der Waals surface area contributed by atoms with Gasteiger partial charge in [-0.3, -0.25) is 4.90 Å². The van der Waals surface area contributed by atoms with E-state index in [9.17, 15) is 0 Å². The molecule has 2 aromatic rings. The predicted molar refractivity (Wildman–Crippen MR) is 92.5 cm³/mol. The Morgan fingerprint density at radius 3 is 2.87 bits per heavy atom. The lowest BCUT2D eigenvalue weighted by Gasteiger charge is -2.28. The fraction of sp³-hybridized carbons (Fsp3) is 0.611. The zero-order valence-corrected chi connectivity index (χ0v) is 14.6. The lowest BCUT2D eigenvalue weighted by atomic mass is 9.88. The van der Waals surface area contributed by atoms with Gasteiger partial charge in [0.15, 0.2) is 0 Å². The van der Waals surface area contributed by atoms with Crippen LogP contribution in [-0.2, 0) is 19.5 Å². The Kier molecular flexibility index (Phi) is 4.40. The molecule has 0 spiro atoms. The molecule has 1 saturated carbocycles. The van der Waals surface area contributed by atoms with E-state index in [4.69, 9.17) is 9.97 Å². The van der Waals surface area contributed by atoms with Crippen LogP contribution in [0.1, 0.15) is 65.7 Å². The van der Waals surface area contributed by atoms with Crippen molar-refractivity contribution in [3.8, 4) is 0 Å². The van der Waals surface area contributed by atoms with Gasteiger partial charge in [-0.25, -0.2) is 15.0 Å². The standard InChI is InChI=1S/C18H24N4S/c1-13-17(23-12-20-13)11-22-8-7-16-15(10-22)9-19-18(21-16)14-5-3-2-4-6-14/h9,12,14H,2-8,10-11H2,1H3. The van der Waals surface area contributed by atoms with Crippen LogP contribution in [0.15, 0.2) is 11.7 Å². The fourth-order valence-corrected chi connectivity index (χ4v) is 4.58. The van der Waals surface area contributed by atoms with E-state index in [0.717, 1.165) is 31.9 Å². The third kappa shape index (κ3) is 3.31. The lowest BCUT2D eigenvalue weighted by Crippen LogP contribution is -2.31. The average molecular weight is 328 g/mol. The zero-order chi connectivity index (χ0) is 15.6. The topological polar surface area (TPSA) is 41.9 Å². The summed E-state index contributed by atoms with van der Waals surface area (Å²) in [6.45, 7) is 5.16. The van der Waals surface area contributed by atoms with Gasteiger partial charge in [-0.2, -0.15) is 0 Å². The van der Waals surface area contributed by atoms with E-state index in [1.54, 1.807) is 11.3 Å². The second-order valence-corrected chi connectivity index (χ2v) is 7.80. The first-order valence-corrected chi connectivity index (χ1v) is 9.63. The number of hydrogen-bond acceptors (Lipinski definition) is 5. The zero-order valence-electron chi connectivity index (χ0n) is 13.8. The van der Waals surface area contributed by atoms with E-state index in [1.807, 2.05) is 5.51 Å². The molecule has 2 aromatic heterocycles. The molecule has 0 atom stereocenters. The Morgan fingerprint density at radius 2 is 2.09 bits per heavy atom. The van der Waals surface area contributed by atoms with Crippen molar-refractivity contribution in [1.82, 2.24) is 19.9 Å². The molecule has 1 fully saturated rings. The Balaban J connectivity index is 1.46. The first-order chi connectivity index (χ1) is 11.3. The van der Waals surface area contributed by atoms with Crippen LogP contribution in [0.2, 0.25) is 0 Å². The van der Waals surface area contributed by atoms with Crippen molar-refractivity contribution < 1.29 is 0 Å². The van der Waals surface area contributed by atoms with Crippen molar-refractivity contribution in [2.45, 2.75) is 64.5 Å². The molecule has 0 amide bonds. The number of hydrogen-bond donors (Lipinski definition) is 0. The summed E-state index contributed by atoms with van der Waals surface area (Å²) in [4.78, 5) is 17.9. The molecule has 0 unspecified atom stereocenters. The highest BCUT2D eigenvalue weighted by atomic mass is 32.1. The van der Waals surface area contributed by atoms with E-state index in [1.165, 1.54) is 53.9 Å². The highest BCUT2D eigenvalue weighted by Gasteiger charge is 2.23. The summed E-state index contributed by atoms with van der Waals surface area (Å²) >= 11 is 1.76. The molecule has 5 heteroatoms. The molecule has 1 aliphatic carbocycles. The maximum Gasteiger partial charge on any atom is 0.131 e. The largest absolute Gasteiger partial charge is 0.293 e. The molecule has 1 aliphatic heterocycles. The number of aromatic nitrogens is 3. The van der Waals surface area contributed by atoms with Crippen LogP contribution in [0, 0.1) is 6.92 Å². The third-order valence-electron chi connectivity index (χ3n) is 5.21. The van der Waals surface area contributed by atoms with Crippen LogP contribution in [0.3, 0.4) is 0 Å². The van der Waals surface area contributed by atoms with Gasteiger partial charge in [0, 0.05) is 54.3 Å². The van der Waals surface area contributed by atoms with Gasteiger partial charge < -0.3 is 0 Å². The number of nitrogens with zero attached hydrogens (tertiary/aromatic N) is 4. The van der Waals surface area contributed by atoms with Crippen molar-refractivity contribution in [3.05, 3.63) is 39.4 Å². The van der Waals surface area contributed by atoms with E-state index in [-0.39, 0.29) is 0 Å². The lowest BCUT2D eigenvalue weighted by molar-refractivity contribution is 0.243. The normalized spacial score (nSPS) is 19.7. The quantitative estimate of drug-likeness (QED) is 0.858. The molecule has 4 nitrogen and oxygen atoms in total. The van der Waals surface area contributed by atoms with Gasteiger partial charge in [0.2, 0.25) is 0 Å². The summed E-state index contributed by atoms with van der Waals surface area (Å²) < 4.78 is 0. The summed E-state index contributed by atoms with van der Waals surface area (Å²) in [6.07, 6.45) is 9.76. The van der Waals surface area contributed by atoms with Gasteiger partial charge in [0.25, 0.3) is 0 Å². The summed E-state index contributed by atoms with van der Waals surface area (Å²) in [7, 11) is 0. The van der Waals surface area contributed by atoms with Crippen molar-refractivity contribution in [2.24, 2.45) is 0 Å². The van der Waals surface area contributed by atoms with Crippen LogP contribution >= 0.6 is 11.3 Å². The highest BCUT2D eigenvalue weighted by Crippen LogP contribution is 2.31. The van der Waals surface area contributed by atoms with E-state index in [2.05, 4.69) is 23.0 Å². The number of aryl methyl sites for hydroxylation is 1. The molecule has 0 radical (unpaired) electrons. The molecular weight excluding hydrogens is 304 g/mol. The number of rotatable bonds is 3. The van der Waals surface area contributed by atoms with Crippen molar-refractivity contribution >= 4 is 11.3 Å². The maximum absolute atomic E-state index is 4.94. The molecule has 0 saturated heterocycles. The van der Waals surface area contributed by atoms with Gasteiger partial charge in [0.1, 0.15) is 5.82 Å². The second kappa shape index (κ2) is 6.65. The summed E-state index contributed by atoms with van der Waals surface area (Å²) in [5.41, 5.74) is 5.72. The first kappa shape index (κ1) is 15.2. The van der Waals surface area contributed by atoms with Crippen LogP contribution in [0.25, 0.3) is 0 Å². The fourth-order valence-electron chi connectivity index (χ4n) is 3.76. The molecule has 0 bridgehead atoms. The molecule has 0 aromatic carbocycles. The minimum atomic E-state index is 0.604. The minimum Gasteiger partial charge on any atom is -0.293 e. The van der Waals surface area contributed by atoms with Crippen molar-refractivity contribution in [2.75, 3.05) is 6.54 Å². The molecule has 4 rings (SSSR count). The number of fused-ring (bicyclic) bond motifs is 1. The van der Waals surface area contributed by atoms with Gasteiger partial charge >= 0.3 is 0 Å². The minimum absolute atomic E-state index is 0.604.